The van der Waals surface area contributed by atoms with E-state index in [-0.39, 0.29) is 4.90 Å². The summed E-state index contributed by atoms with van der Waals surface area (Å²) in [5, 5.41) is 3.04. The van der Waals surface area contributed by atoms with Crippen LogP contribution in [0.4, 0.5) is 11.4 Å². The van der Waals surface area contributed by atoms with Gasteiger partial charge in [0, 0.05) is 17.8 Å². The van der Waals surface area contributed by atoms with Crippen molar-refractivity contribution in [1.29, 1.82) is 0 Å². The van der Waals surface area contributed by atoms with E-state index in [2.05, 4.69) is 16.6 Å². The summed E-state index contributed by atoms with van der Waals surface area (Å²) < 4.78 is 35.7. The van der Waals surface area contributed by atoms with E-state index in [0.29, 0.717) is 45.7 Å². The van der Waals surface area contributed by atoms with Crippen LogP contribution in [0.2, 0.25) is 5.02 Å². The normalized spacial score (nSPS) is 14.2. The number of methoxy groups -OCH3 is 1. The molecule has 0 aromatic heterocycles. The number of amides is 1. The Morgan fingerprint density at radius 2 is 1.82 bits per heavy atom. The standard InChI is InChI=1S/C25H24ClN3O4S/c1-3-4-15-29-22-14-11-18(27-25(30)20-7-5-6-8-21(20)26)16-23(22)34(31,32)28-24(29)17-9-12-19(33-2)13-10-17/h5-14,16H,3-4,15H2,1-2H3,(H,27,30). The Hall–Kier alpha value is -3.36. The fourth-order valence-electron chi connectivity index (χ4n) is 3.68. The lowest BCUT2D eigenvalue weighted by atomic mass is 10.1. The van der Waals surface area contributed by atoms with Crippen molar-refractivity contribution in [3.8, 4) is 5.75 Å². The molecule has 4 rings (SSSR count). The first kappa shape index (κ1) is 23.8. The van der Waals surface area contributed by atoms with Gasteiger partial charge < -0.3 is 15.0 Å². The number of benzene rings is 3. The maximum atomic E-state index is 13.2. The Balaban J connectivity index is 1.73. The van der Waals surface area contributed by atoms with Crippen molar-refractivity contribution < 1.29 is 17.9 Å². The van der Waals surface area contributed by atoms with Crippen LogP contribution in [0.1, 0.15) is 35.7 Å². The molecule has 9 heteroatoms. The average Bonchev–Trinajstić information content (AvgIpc) is 2.84. The second-order valence-electron chi connectivity index (χ2n) is 7.74. The van der Waals surface area contributed by atoms with Crippen LogP contribution in [0.5, 0.6) is 5.75 Å². The van der Waals surface area contributed by atoms with E-state index in [1.165, 1.54) is 6.07 Å². The summed E-state index contributed by atoms with van der Waals surface area (Å²) in [5.74, 6) is 0.600. The van der Waals surface area contributed by atoms with Crippen molar-refractivity contribution in [2.75, 3.05) is 23.9 Å². The Morgan fingerprint density at radius 1 is 1.09 bits per heavy atom. The summed E-state index contributed by atoms with van der Waals surface area (Å²) in [7, 11) is -2.43. The minimum Gasteiger partial charge on any atom is -0.497 e. The molecule has 7 nitrogen and oxygen atoms in total. The van der Waals surface area contributed by atoms with Crippen molar-refractivity contribution in [2.45, 2.75) is 24.7 Å². The molecule has 1 amide bonds. The van der Waals surface area contributed by atoms with Crippen molar-refractivity contribution >= 4 is 44.7 Å². The van der Waals surface area contributed by atoms with Crippen LogP contribution in [0.3, 0.4) is 0 Å². The second-order valence-corrected chi connectivity index (χ2v) is 9.72. The highest BCUT2D eigenvalue weighted by atomic mass is 35.5. The first-order valence-electron chi connectivity index (χ1n) is 10.8. The number of rotatable bonds is 7. The molecule has 0 spiro atoms. The van der Waals surface area contributed by atoms with Gasteiger partial charge in [-0.1, -0.05) is 37.1 Å². The number of nitrogens with one attached hydrogen (secondary N) is 1. The molecule has 1 aliphatic rings. The Labute approximate surface area is 204 Å². The number of carbonyl (C=O) groups is 1. The van der Waals surface area contributed by atoms with Crippen molar-refractivity contribution in [3.05, 3.63) is 82.9 Å². The van der Waals surface area contributed by atoms with Gasteiger partial charge in [-0.15, -0.1) is 4.40 Å². The molecule has 1 aliphatic heterocycles. The monoisotopic (exact) mass is 497 g/mol. The third-order valence-corrected chi connectivity index (χ3v) is 7.08. The van der Waals surface area contributed by atoms with E-state index in [0.717, 1.165) is 12.8 Å². The second kappa shape index (κ2) is 9.87. The molecule has 1 N–H and O–H groups in total. The zero-order chi connectivity index (χ0) is 24.3. The first-order chi connectivity index (χ1) is 16.3. The fourth-order valence-corrected chi connectivity index (χ4v) is 5.15. The van der Waals surface area contributed by atoms with E-state index in [4.69, 9.17) is 16.3 Å². The van der Waals surface area contributed by atoms with Crippen LogP contribution in [0, 0.1) is 0 Å². The molecular weight excluding hydrogens is 474 g/mol. The van der Waals surface area contributed by atoms with Crippen LogP contribution in [0.15, 0.2) is 76.0 Å². The number of anilines is 2. The van der Waals surface area contributed by atoms with Crippen molar-refractivity contribution in [1.82, 2.24) is 0 Å². The summed E-state index contributed by atoms with van der Waals surface area (Å²) in [6, 6.07) is 18.6. The molecule has 0 atom stereocenters. The molecular formula is C25H24ClN3O4S. The summed E-state index contributed by atoms with van der Waals surface area (Å²) in [5.41, 5.74) is 1.83. The molecule has 3 aromatic carbocycles. The van der Waals surface area contributed by atoms with Gasteiger partial charge in [0.25, 0.3) is 15.9 Å². The number of unbranched alkanes of at least 4 members (excludes halogenated alkanes) is 1. The lowest BCUT2D eigenvalue weighted by molar-refractivity contribution is 0.102. The number of fused-ring (bicyclic) bond motifs is 1. The summed E-state index contributed by atoms with van der Waals surface area (Å²) >= 11 is 6.12. The van der Waals surface area contributed by atoms with E-state index in [1.807, 2.05) is 4.90 Å². The lowest BCUT2D eigenvalue weighted by Crippen LogP contribution is -2.37. The molecule has 0 unspecified atom stereocenters. The van der Waals surface area contributed by atoms with Gasteiger partial charge >= 0.3 is 0 Å². The van der Waals surface area contributed by atoms with Crippen molar-refractivity contribution in [3.63, 3.8) is 0 Å². The average molecular weight is 498 g/mol. The van der Waals surface area contributed by atoms with Gasteiger partial charge in [0.2, 0.25) is 0 Å². The molecule has 176 valence electrons. The zero-order valence-corrected chi connectivity index (χ0v) is 20.4. The number of halogens is 1. The van der Waals surface area contributed by atoms with Gasteiger partial charge in [0.15, 0.2) is 5.84 Å². The summed E-state index contributed by atoms with van der Waals surface area (Å²) in [4.78, 5) is 14.6. The minimum absolute atomic E-state index is 0.0397. The Bertz CT molecular complexity index is 1350. The predicted molar refractivity (Wildman–Crippen MR) is 135 cm³/mol. The number of sulfonamides is 1. The van der Waals surface area contributed by atoms with Crippen LogP contribution >= 0.6 is 11.6 Å². The van der Waals surface area contributed by atoms with Gasteiger partial charge in [0.1, 0.15) is 10.6 Å². The fraction of sp³-hybridized carbons (Fsp3) is 0.200. The van der Waals surface area contributed by atoms with Crippen LogP contribution in [-0.2, 0) is 10.0 Å². The maximum Gasteiger partial charge on any atom is 0.286 e. The van der Waals surface area contributed by atoms with E-state index >= 15 is 0 Å². The molecule has 0 saturated heterocycles. The van der Waals surface area contributed by atoms with Crippen LogP contribution in [-0.4, -0.2) is 33.8 Å². The van der Waals surface area contributed by atoms with Gasteiger partial charge in [0.05, 0.1) is 23.4 Å². The first-order valence-corrected chi connectivity index (χ1v) is 12.6. The lowest BCUT2D eigenvalue weighted by Gasteiger charge is -2.31. The number of hydrogen-bond donors (Lipinski definition) is 1. The summed E-state index contributed by atoms with van der Waals surface area (Å²) in [6.45, 7) is 2.66. The van der Waals surface area contributed by atoms with E-state index in [9.17, 15) is 13.2 Å². The number of hydrogen-bond acceptors (Lipinski definition) is 5. The van der Waals surface area contributed by atoms with Gasteiger partial charge in [-0.25, -0.2) is 0 Å². The quantitative estimate of drug-likeness (QED) is 0.475. The zero-order valence-electron chi connectivity index (χ0n) is 18.8. The smallest absolute Gasteiger partial charge is 0.286 e. The van der Waals surface area contributed by atoms with Gasteiger partial charge in [-0.05, 0) is 61.0 Å². The highest BCUT2D eigenvalue weighted by Crippen LogP contribution is 2.36. The molecule has 0 saturated carbocycles. The van der Waals surface area contributed by atoms with Gasteiger partial charge in [-0.3, -0.25) is 4.79 Å². The highest BCUT2D eigenvalue weighted by Gasteiger charge is 2.32. The molecule has 34 heavy (non-hydrogen) atoms. The largest absolute Gasteiger partial charge is 0.497 e. The number of ether oxygens (including phenoxy) is 1. The summed E-state index contributed by atoms with van der Waals surface area (Å²) in [6.07, 6.45) is 1.78. The molecule has 0 bridgehead atoms. The molecule has 0 fully saturated rings. The molecule has 0 aliphatic carbocycles. The number of nitrogens with zero attached hydrogens (tertiary/aromatic N) is 2. The third-order valence-electron chi connectivity index (χ3n) is 5.45. The van der Waals surface area contributed by atoms with Gasteiger partial charge in [-0.2, -0.15) is 8.42 Å². The highest BCUT2D eigenvalue weighted by molar-refractivity contribution is 7.90. The van der Waals surface area contributed by atoms with Crippen LogP contribution in [0.25, 0.3) is 0 Å². The Kier molecular flexibility index (Phi) is 6.90. The maximum absolute atomic E-state index is 13.2. The minimum atomic E-state index is -4.01. The number of amidine groups is 1. The molecule has 0 radical (unpaired) electrons. The van der Waals surface area contributed by atoms with Crippen LogP contribution < -0.4 is 15.0 Å². The van der Waals surface area contributed by atoms with E-state index < -0.39 is 15.9 Å². The topological polar surface area (TPSA) is 88.1 Å². The molecule has 3 aromatic rings. The van der Waals surface area contributed by atoms with Crippen molar-refractivity contribution in [2.24, 2.45) is 4.40 Å². The Morgan fingerprint density at radius 3 is 2.50 bits per heavy atom. The predicted octanol–water partition coefficient (Wildman–Crippen LogP) is 5.36. The SMILES string of the molecule is CCCCN1C(c2ccc(OC)cc2)=NS(=O)(=O)c2cc(NC(=O)c3ccccc3Cl)ccc21. The molecule has 1 heterocycles. The van der Waals surface area contributed by atoms with E-state index in [1.54, 1.807) is 67.8 Å². The third kappa shape index (κ3) is 4.78. The number of carbonyl (C=O) groups excluding carboxylic acids is 1.